The van der Waals surface area contributed by atoms with Gasteiger partial charge in [0.05, 0.1) is 10.5 Å². The fourth-order valence-corrected chi connectivity index (χ4v) is 5.63. The Balaban J connectivity index is 2.09. The number of thioether (sulfide) groups is 1. The number of alkyl halides is 3. The Labute approximate surface area is 208 Å². The fraction of sp³-hybridized carbons (Fsp3) is 0.407. The molecule has 4 rings (SSSR count). The molecule has 1 fully saturated rings. The van der Waals surface area contributed by atoms with Crippen LogP contribution in [0.1, 0.15) is 62.8 Å². The van der Waals surface area contributed by atoms with Gasteiger partial charge in [0, 0.05) is 25.3 Å². The van der Waals surface area contributed by atoms with Gasteiger partial charge in [-0.2, -0.15) is 13.2 Å². The normalized spacial score (nSPS) is 20.1. The molecule has 0 radical (unpaired) electrons. The number of imide groups is 1. The molecule has 35 heavy (non-hydrogen) atoms. The van der Waals surface area contributed by atoms with E-state index in [9.17, 15) is 22.8 Å². The Bertz CT molecular complexity index is 1260. The van der Waals surface area contributed by atoms with Crippen LogP contribution in [-0.2, 0) is 21.8 Å². The number of fused-ring (bicyclic) bond motifs is 1. The summed E-state index contributed by atoms with van der Waals surface area (Å²) in [5.41, 5.74) is 1.76. The Hall–Kier alpha value is -2.74. The molecular weight excluding hydrogens is 473 g/mol. The smallest absolute Gasteiger partial charge is 0.377 e. The van der Waals surface area contributed by atoms with Crippen LogP contribution in [0.2, 0.25) is 0 Å². The topological polar surface area (TPSA) is 49.4 Å². The molecule has 1 saturated heterocycles. The maximum Gasteiger partial charge on any atom is 0.417 e. The molecule has 186 valence electrons. The summed E-state index contributed by atoms with van der Waals surface area (Å²) in [6, 6.07) is 8.22. The lowest BCUT2D eigenvalue weighted by atomic mass is 9.62. The summed E-state index contributed by atoms with van der Waals surface area (Å²) in [7, 11) is 3.55. The molecule has 1 N–H and O–H groups in total. The van der Waals surface area contributed by atoms with Gasteiger partial charge in [-0.05, 0) is 82.0 Å². The van der Waals surface area contributed by atoms with Crippen LogP contribution in [0.25, 0.3) is 17.2 Å². The predicted molar refractivity (Wildman–Crippen MR) is 136 cm³/mol. The fourth-order valence-electron chi connectivity index (χ4n) is 4.96. The first-order valence-electron chi connectivity index (χ1n) is 11.4. The van der Waals surface area contributed by atoms with Gasteiger partial charge in [0.2, 0.25) is 0 Å². The molecule has 0 saturated carbocycles. The van der Waals surface area contributed by atoms with Crippen molar-refractivity contribution in [3.05, 3.63) is 57.5 Å². The number of nitrogens with zero attached hydrogens (tertiary/aromatic N) is 1. The van der Waals surface area contributed by atoms with Gasteiger partial charge >= 0.3 is 6.18 Å². The van der Waals surface area contributed by atoms with E-state index in [4.69, 9.17) is 0 Å². The van der Waals surface area contributed by atoms with Gasteiger partial charge in [0.1, 0.15) is 0 Å². The molecular formula is C27H29F3N2O2S. The van der Waals surface area contributed by atoms with Crippen LogP contribution in [0.5, 0.6) is 0 Å². The van der Waals surface area contributed by atoms with E-state index in [2.05, 4.69) is 19.2 Å². The van der Waals surface area contributed by atoms with Crippen molar-refractivity contribution in [3.8, 4) is 11.1 Å². The van der Waals surface area contributed by atoms with Crippen molar-refractivity contribution in [2.75, 3.05) is 19.0 Å². The van der Waals surface area contributed by atoms with Crippen molar-refractivity contribution in [2.45, 2.75) is 57.5 Å². The average molecular weight is 503 g/mol. The van der Waals surface area contributed by atoms with Crippen LogP contribution in [0, 0.1) is 0 Å². The Morgan fingerprint density at radius 1 is 1.00 bits per heavy atom. The van der Waals surface area contributed by atoms with Crippen LogP contribution >= 0.6 is 11.8 Å². The van der Waals surface area contributed by atoms with Crippen molar-refractivity contribution in [3.63, 3.8) is 0 Å². The van der Waals surface area contributed by atoms with Crippen LogP contribution in [0.15, 0.2) is 35.2 Å². The van der Waals surface area contributed by atoms with Crippen molar-refractivity contribution >= 4 is 34.7 Å². The maximum absolute atomic E-state index is 14.6. The van der Waals surface area contributed by atoms with Gasteiger partial charge < -0.3 is 4.90 Å². The SMILES string of the molecule is CN(C)c1cccc(/C=C2\SC(=O)NC2=O)c1-c1cc2c(cc1C(F)(F)F)C(C)(C)CCC2(C)C. The third-order valence-electron chi connectivity index (χ3n) is 7.05. The van der Waals surface area contributed by atoms with Gasteiger partial charge in [-0.25, -0.2) is 0 Å². The molecule has 0 spiro atoms. The molecule has 1 heterocycles. The van der Waals surface area contributed by atoms with Crippen LogP contribution in [-0.4, -0.2) is 25.2 Å². The van der Waals surface area contributed by atoms with Crippen molar-refractivity contribution in [1.82, 2.24) is 5.32 Å². The van der Waals surface area contributed by atoms with Gasteiger partial charge in [0.25, 0.3) is 11.1 Å². The van der Waals surface area contributed by atoms with E-state index >= 15 is 0 Å². The highest BCUT2D eigenvalue weighted by Gasteiger charge is 2.42. The number of halogens is 3. The number of carbonyl (C=O) groups excluding carboxylic acids is 2. The molecule has 0 atom stereocenters. The summed E-state index contributed by atoms with van der Waals surface area (Å²) in [5, 5.41) is 1.71. The minimum absolute atomic E-state index is 0.0768. The number of hydrogen-bond donors (Lipinski definition) is 1. The van der Waals surface area contributed by atoms with E-state index in [0.717, 1.165) is 35.7 Å². The number of carbonyl (C=O) groups is 2. The summed E-state index contributed by atoms with van der Waals surface area (Å²) in [6.07, 6.45) is -1.41. The van der Waals surface area contributed by atoms with Crippen molar-refractivity contribution < 1.29 is 22.8 Å². The first kappa shape index (κ1) is 25.4. The quantitative estimate of drug-likeness (QED) is 0.455. The second-order valence-electron chi connectivity index (χ2n) is 10.7. The van der Waals surface area contributed by atoms with E-state index in [-0.39, 0.29) is 21.3 Å². The second-order valence-corrected chi connectivity index (χ2v) is 11.7. The highest BCUT2D eigenvalue weighted by Crippen LogP contribution is 2.51. The molecule has 2 aliphatic rings. The minimum Gasteiger partial charge on any atom is -0.377 e. The van der Waals surface area contributed by atoms with Gasteiger partial charge in [0.15, 0.2) is 0 Å². The molecule has 4 nitrogen and oxygen atoms in total. The largest absolute Gasteiger partial charge is 0.417 e. The number of amides is 2. The van der Waals surface area contributed by atoms with Crippen LogP contribution in [0.4, 0.5) is 23.7 Å². The molecule has 0 unspecified atom stereocenters. The zero-order valence-electron chi connectivity index (χ0n) is 20.7. The summed E-state index contributed by atoms with van der Waals surface area (Å²) in [6.45, 7) is 8.14. The first-order chi connectivity index (χ1) is 16.1. The van der Waals surface area contributed by atoms with E-state index < -0.39 is 22.9 Å². The number of nitrogens with one attached hydrogen (secondary N) is 1. The molecule has 2 amide bonds. The van der Waals surface area contributed by atoms with Crippen LogP contribution < -0.4 is 10.2 Å². The monoisotopic (exact) mass is 502 g/mol. The Morgan fingerprint density at radius 2 is 1.60 bits per heavy atom. The zero-order valence-corrected chi connectivity index (χ0v) is 21.5. The standard InChI is InChI=1S/C27H29F3N2O2S/c1-25(2)10-11-26(3,4)19-14-17(27(28,29)30)16(13-18(19)25)22-15(8-7-9-20(22)32(5)6)12-21-23(33)31-24(34)35-21/h7-9,12-14H,10-11H2,1-6H3,(H,31,33,34)/b21-12-. The third-order valence-corrected chi connectivity index (χ3v) is 7.86. The highest BCUT2D eigenvalue weighted by atomic mass is 32.2. The van der Waals surface area contributed by atoms with E-state index in [1.807, 2.05) is 13.8 Å². The average Bonchev–Trinajstić information content (AvgIpc) is 3.06. The third kappa shape index (κ3) is 4.60. The minimum atomic E-state index is -4.58. The number of anilines is 1. The number of rotatable bonds is 3. The lowest BCUT2D eigenvalue weighted by Gasteiger charge is -2.42. The molecule has 2 aromatic carbocycles. The highest BCUT2D eigenvalue weighted by molar-refractivity contribution is 8.18. The van der Waals surface area contributed by atoms with E-state index in [0.29, 0.717) is 16.8 Å². The molecule has 8 heteroatoms. The molecule has 1 aliphatic heterocycles. The lowest BCUT2D eigenvalue weighted by molar-refractivity contribution is -0.137. The first-order valence-corrected chi connectivity index (χ1v) is 12.3. The molecule has 1 aliphatic carbocycles. The molecule has 2 aromatic rings. The summed E-state index contributed by atoms with van der Waals surface area (Å²) < 4.78 is 43.8. The van der Waals surface area contributed by atoms with Crippen LogP contribution in [0.3, 0.4) is 0 Å². The number of hydrogen-bond acceptors (Lipinski definition) is 4. The van der Waals surface area contributed by atoms with Gasteiger partial charge in [-0.3, -0.25) is 14.9 Å². The lowest BCUT2D eigenvalue weighted by Crippen LogP contribution is -2.34. The van der Waals surface area contributed by atoms with E-state index in [1.165, 1.54) is 12.1 Å². The van der Waals surface area contributed by atoms with Crippen molar-refractivity contribution in [2.24, 2.45) is 0 Å². The van der Waals surface area contributed by atoms with Crippen molar-refractivity contribution in [1.29, 1.82) is 0 Å². The maximum atomic E-state index is 14.6. The summed E-state index contributed by atoms with van der Waals surface area (Å²) in [4.78, 5) is 25.8. The summed E-state index contributed by atoms with van der Waals surface area (Å²) >= 11 is 0.744. The Kier molecular flexibility index (Phi) is 6.11. The van der Waals surface area contributed by atoms with Gasteiger partial charge in [-0.15, -0.1) is 0 Å². The Morgan fingerprint density at radius 3 is 2.11 bits per heavy atom. The van der Waals surface area contributed by atoms with Gasteiger partial charge in [-0.1, -0.05) is 39.8 Å². The summed E-state index contributed by atoms with van der Waals surface area (Å²) in [5.74, 6) is -0.550. The number of benzene rings is 2. The predicted octanol–water partition coefficient (Wildman–Crippen LogP) is 7.11. The second kappa shape index (κ2) is 8.43. The molecule has 0 bridgehead atoms. The van der Waals surface area contributed by atoms with E-state index in [1.54, 1.807) is 43.3 Å². The molecule has 0 aromatic heterocycles. The zero-order chi connectivity index (χ0) is 25.9.